The molecule has 0 heterocycles. The maximum absolute atomic E-state index is 6.10. The summed E-state index contributed by atoms with van der Waals surface area (Å²) in [6, 6.07) is 13.4. The molecule has 20 heavy (non-hydrogen) atoms. The molecule has 2 aromatic carbocycles. The molecule has 106 valence electrons. The summed E-state index contributed by atoms with van der Waals surface area (Å²) in [5.74, 6) is 0.868. The fourth-order valence-electron chi connectivity index (χ4n) is 1.78. The van der Waals surface area contributed by atoms with Gasteiger partial charge in [-0.2, -0.15) is 0 Å². The molecule has 0 radical (unpaired) electrons. The Kier molecular flexibility index (Phi) is 5.16. The van der Waals surface area contributed by atoms with Gasteiger partial charge in [0.25, 0.3) is 0 Å². The van der Waals surface area contributed by atoms with Gasteiger partial charge >= 0.3 is 0 Å². The second-order valence-electron chi connectivity index (χ2n) is 4.75. The second-order valence-corrected chi connectivity index (χ2v) is 5.59. The molecule has 2 nitrogen and oxygen atoms in total. The van der Waals surface area contributed by atoms with Gasteiger partial charge in [0.05, 0.1) is 17.3 Å². The van der Waals surface area contributed by atoms with Crippen molar-refractivity contribution >= 4 is 28.9 Å². The zero-order valence-corrected chi connectivity index (χ0v) is 13.0. The Balaban J connectivity index is 1.88. The van der Waals surface area contributed by atoms with Crippen LogP contribution in [0.3, 0.4) is 0 Å². The zero-order valence-electron chi connectivity index (χ0n) is 11.5. The van der Waals surface area contributed by atoms with E-state index in [9.17, 15) is 0 Å². The standard InChI is InChI=1S/C16H17Cl2NO/c1-11-3-6-14(7-4-11)20-12(2)10-19-16-8-5-13(17)9-15(16)18/h3-9,12,19H,10H2,1-2H3. The molecule has 0 aliphatic rings. The predicted octanol–water partition coefficient (Wildman–Crippen LogP) is 5.18. The number of halogens is 2. The number of anilines is 1. The van der Waals surface area contributed by atoms with Crippen molar-refractivity contribution in [2.75, 3.05) is 11.9 Å². The molecule has 4 heteroatoms. The first-order valence-electron chi connectivity index (χ1n) is 6.47. The zero-order chi connectivity index (χ0) is 14.5. The summed E-state index contributed by atoms with van der Waals surface area (Å²) >= 11 is 12.0. The number of aryl methyl sites for hydroxylation is 1. The Bertz CT molecular complexity index is 569. The number of hydrogen-bond donors (Lipinski definition) is 1. The molecule has 0 aliphatic heterocycles. The van der Waals surface area contributed by atoms with Crippen LogP contribution in [0.25, 0.3) is 0 Å². The van der Waals surface area contributed by atoms with Crippen LogP contribution in [0.2, 0.25) is 10.0 Å². The van der Waals surface area contributed by atoms with E-state index in [-0.39, 0.29) is 6.10 Å². The largest absolute Gasteiger partial charge is 0.489 e. The Labute approximate surface area is 129 Å². The monoisotopic (exact) mass is 309 g/mol. The highest BCUT2D eigenvalue weighted by Crippen LogP contribution is 2.25. The fraction of sp³-hybridized carbons (Fsp3) is 0.250. The maximum Gasteiger partial charge on any atom is 0.119 e. The van der Waals surface area contributed by atoms with Crippen molar-refractivity contribution in [3.63, 3.8) is 0 Å². The third-order valence-corrected chi connectivity index (χ3v) is 3.42. The second kappa shape index (κ2) is 6.87. The number of nitrogens with one attached hydrogen (secondary N) is 1. The highest BCUT2D eigenvalue weighted by atomic mass is 35.5. The molecule has 1 atom stereocenters. The van der Waals surface area contributed by atoms with Crippen molar-refractivity contribution in [3.05, 3.63) is 58.1 Å². The van der Waals surface area contributed by atoms with Crippen LogP contribution in [-0.4, -0.2) is 12.6 Å². The van der Waals surface area contributed by atoms with E-state index in [4.69, 9.17) is 27.9 Å². The Morgan fingerprint density at radius 2 is 1.80 bits per heavy atom. The summed E-state index contributed by atoms with van der Waals surface area (Å²) in [5.41, 5.74) is 2.08. The number of benzene rings is 2. The average molecular weight is 310 g/mol. The van der Waals surface area contributed by atoms with E-state index in [2.05, 4.69) is 12.2 Å². The lowest BCUT2D eigenvalue weighted by Gasteiger charge is -2.17. The van der Waals surface area contributed by atoms with Gasteiger partial charge in [-0.3, -0.25) is 0 Å². The van der Waals surface area contributed by atoms with Crippen LogP contribution in [0.1, 0.15) is 12.5 Å². The molecule has 1 unspecified atom stereocenters. The molecule has 2 aromatic rings. The lowest BCUT2D eigenvalue weighted by molar-refractivity contribution is 0.234. The minimum absolute atomic E-state index is 0.0319. The lowest BCUT2D eigenvalue weighted by atomic mass is 10.2. The molecule has 0 aromatic heterocycles. The van der Waals surface area contributed by atoms with Gasteiger partial charge in [0.2, 0.25) is 0 Å². The first kappa shape index (κ1) is 15.0. The van der Waals surface area contributed by atoms with Gasteiger partial charge in [-0.25, -0.2) is 0 Å². The van der Waals surface area contributed by atoms with E-state index in [0.717, 1.165) is 11.4 Å². The molecule has 0 saturated heterocycles. The Morgan fingerprint density at radius 3 is 2.45 bits per heavy atom. The van der Waals surface area contributed by atoms with Crippen LogP contribution in [0.4, 0.5) is 5.69 Å². The number of hydrogen-bond acceptors (Lipinski definition) is 2. The van der Waals surface area contributed by atoms with E-state index >= 15 is 0 Å². The van der Waals surface area contributed by atoms with E-state index in [1.54, 1.807) is 12.1 Å². The third kappa shape index (κ3) is 4.32. The van der Waals surface area contributed by atoms with Crippen molar-refractivity contribution in [2.24, 2.45) is 0 Å². The first-order chi connectivity index (χ1) is 9.54. The predicted molar refractivity (Wildman–Crippen MR) is 86.2 cm³/mol. The van der Waals surface area contributed by atoms with Crippen LogP contribution < -0.4 is 10.1 Å². The molecule has 0 aliphatic carbocycles. The summed E-state index contributed by atoms with van der Waals surface area (Å²) in [6.45, 7) is 4.73. The summed E-state index contributed by atoms with van der Waals surface area (Å²) < 4.78 is 5.82. The summed E-state index contributed by atoms with van der Waals surface area (Å²) in [4.78, 5) is 0. The topological polar surface area (TPSA) is 21.3 Å². The van der Waals surface area contributed by atoms with Crippen LogP contribution in [0.15, 0.2) is 42.5 Å². The van der Waals surface area contributed by atoms with Crippen molar-refractivity contribution in [2.45, 2.75) is 20.0 Å². The SMILES string of the molecule is Cc1ccc(OC(C)CNc2ccc(Cl)cc2Cl)cc1. The quantitative estimate of drug-likeness (QED) is 0.821. The molecule has 1 N–H and O–H groups in total. The van der Waals surface area contributed by atoms with Crippen LogP contribution in [0, 0.1) is 6.92 Å². The van der Waals surface area contributed by atoms with Crippen molar-refractivity contribution in [1.29, 1.82) is 0 Å². The normalized spacial score (nSPS) is 12.0. The van der Waals surface area contributed by atoms with Crippen LogP contribution in [0.5, 0.6) is 5.75 Å². The molecular weight excluding hydrogens is 293 g/mol. The van der Waals surface area contributed by atoms with Gasteiger partial charge in [-0.05, 0) is 44.2 Å². The summed E-state index contributed by atoms with van der Waals surface area (Å²) in [7, 11) is 0. The minimum atomic E-state index is 0.0319. The summed E-state index contributed by atoms with van der Waals surface area (Å²) in [6.07, 6.45) is 0.0319. The number of ether oxygens (including phenoxy) is 1. The van der Waals surface area contributed by atoms with E-state index in [0.29, 0.717) is 16.6 Å². The van der Waals surface area contributed by atoms with Gasteiger partial charge in [0, 0.05) is 5.02 Å². The Hall–Kier alpha value is -1.38. The Morgan fingerprint density at radius 1 is 1.10 bits per heavy atom. The van der Waals surface area contributed by atoms with Crippen molar-refractivity contribution in [1.82, 2.24) is 0 Å². The van der Waals surface area contributed by atoms with E-state index < -0.39 is 0 Å². The molecule has 2 rings (SSSR count). The first-order valence-corrected chi connectivity index (χ1v) is 7.22. The highest BCUT2D eigenvalue weighted by molar-refractivity contribution is 6.36. The molecule has 0 saturated carbocycles. The maximum atomic E-state index is 6.10. The molecule has 0 bridgehead atoms. The van der Waals surface area contributed by atoms with Crippen LogP contribution >= 0.6 is 23.2 Å². The fourth-order valence-corrected chi connectivity index (χ4v) is 2.25. The van der Waals surface area contributed by atoms with Crippen molar-refractivity contribution in [3.8, 4) is 5.75 Å². The van der Waals surface area contributed by atoms with Crippen molar-refractivity contribution < 1.29 is 4.74 Å². The third-order valence-electron chi connectivity index (χ3n) is 2.87. The van der Waals surface area contributed by atoms with Gasteiger partial charge in [0.15, 0.2) is 0 Å². The molecule has 0 spiro atoms. The van der Waals surface area contributed by atoms with Gasteiger partial charge in [-0.1, -0.05) is 40.9 Å². The van der Waals surface area contributed by atoms with E-state index in [1.165, 1.54) is 5.56 Å². The smallest absolute Gasteiger partial charge is 0.119 e. The molecule has 0 amide bonds. The molecular formula is C16H17Cl2NO. The van der Waals surface area contributed by atoms with Gasteiger partial charge in [-0.15, -0.1) is 0 Å². The summed E-state index contributed by atoms with van der Waals surface area (Å²) in [5, 5.41) is 4.50. The van der Waals surface area contributed by atoms with E-state index in [1.807, 2.05) is 37.3 Å². The highest BCUT2D eigenvalue weighted by Gasteiger charge is 2.06. The van der Waals surface area contributed by atoms with Crippen LogP contribution in [-0.2, 0) is 0 Å². The van der Waals surface area contributed by atoms with Gasteiger partial charge in [0.1, 0.15) is 11.9 Å². The molecule has 0 fully saturated rings. The van der Waals surface area contributed by atoms with Gasteiger partial charge < -0.3 is 10.1 Å². The number of rotatable bonds is 5. The minimum Gasteiger partial charge on any atom is -0.489 e. The lowest BCUT2D eigenvalue weighted by Crippen LogP contribution is -2.22. The average Bonchev–Trinajstić information content (AvgIpc) is 2.40.